The number of aryl methyl sites for hydroxylation is 1. The van der Waals surface area contributed by atoms with Crippen molar-refractivity contribution >= 4 is 11.6 Å². The Kier molecular flexibility index (Phi) is 5.15. The van der Waals surface area contributed by atoms with Crippen LogP contribution in [0.4, 0.5) is 5.69 Å². The van der Waals surface area contributed by atoms with Crippen molar-refractivity contribution in [2.45, 2.75) is 33.2 Å². The predicted molar refractivity (Wildman–Crippen MR) is 70.4 cm³/mol. The Hall–Kier alpha value is -1.56. The van der Waals surface area contributed by atoms with Gasteiger partial charge in [0.15, 0.2) is 5.69 Å². The van der Waals surface area contributed by atoms with Crippen LogP contribution >= 0.6 is 0 Å². The number of hydrogen-bond donors (Lipinski definition) is 2. The van der Waals surface area contributed by atoms with Gasteiger partial charge in [-0.25, -0.2) is 0 Å². The number of amides is 1. The number of hydrogen-bond acceptors (Lipinski definition) is 4. The maximum absolute atomic E-state index is 12.4. The van der Waals surface area contributed by atoms with Gasteiger partial charge in [0, 0.05) is 19.7 Å². The molecule has 1 aromatic rings. The van der Waals surface area contributed by atoms with Gasteiger partial charge in [0.2, 0.25) is 0 Å². The number of nitrogens with zero attached hydrogens (tertiary/aromatic N) is 2. The van der Waals surface area contributed by atoms with Crippen molar-refractivity contribution in [3.05, 3.63) is 11.4 Å². The third kappa shape index (κ3) is 3.01. The fraction of sp³-hybridized carbons (Fsp3) is 0.667. The zero-order valence-corrected chi connectivity index (χ0v) is 11.5. The third-order valence-electron chi connectivity index (χ3n) is 2.86. The van der Waals surface area contributed by atoms with Crippen LogP contribution in [0.15, 0.2) is 0 Å². The molecule has 1 aromatic heterocycles. The first-order valence-corrected chi connectivity index (χ1v) is 6.15. The Morgan fingerprint density at radius 3 is 2.67 bits per heavy atom. The van der Waals surface area contributed by atoms with E-state index in [-0.39, 0.29) is 11.9 Å². The zero-order chi connectivity index (χ0) is 13.7. The molecule has 0 atom stereocenters. The number of aromatic nitrogens is 2. The Morgan fingerprint density at radius 2 is 2.22 bits per heavy atom. The summed E-state index contributed by atoms with van der Waals surface area (Å²) in [5.74, 6) is -0.157. The largest absolute Gasteiger partial charge is 0.395 e. The molecule has 6 nitrogen and oxygen atoms in total. The Balaban J connectivity index is 2.91. The van der Waals surface area contributed by atoms with Crippen LogP contribution in [0.1, 0.15) is 37.0 Å². The molecule has 6 heteroatoms. The second kappa shape index (κ2) is 6.39. The van der Waals surface area contributed by atoms with Crippen molar-refractivity contribution in [1.82, 2.24) is 15.1 Å². The molecule has 0 aliphatic rings. The molecule has 0 unspecified atom stereocenters. The van der Waals surface area contributed by atoms with Crippen molar-refractivity contribution in [2.75, 3.05) is 26.0 Å². The van der Waals surface area contributed by atoms with Gasteiger partial charge in [-0.05, 0) is 20.3 Å². The monoisotopic (exact) mass is 254 g/mol. The second-order valence-electron chi connectivity index (χ2n) is 4.40. The van der Waals surface area contributed by atoms with Gasteiger partial charge in [-0.3, -0.25) is 9.89 Å². The lowest BCUT2D eigenvalue weighted by Crippen LogP contribution is -2.39. The van der Waals surface area contributed by atoms with Crippen LogP contribution in [0.2, 0.25) is 0 Å². The van der Waals surface area contributed by atoms with Crippen LogP contribution in [0, 0.1) is 0 Å². The van der Waals surface area contributed by atoms with E-state index in [1.165, 1.54) is 0 Å². The summed E-state index contributed by atoms with van der Waals surface area (Å²) in [5.41, 5.74) is 7.46. The number of H-pyrrole nitrogens is 1. The lowest BCUT2D eigenvalue weighted by molar-refractivity contribution is 0.0630. The van der Waals surface area contributed by atoms with Crippen LogP contribution < -0.4 is 5.73 Å². The minimum Gasteiger partial charge on any atom is -0.395 e. The number of methoxy groups -OCH3 is 1. The van der Waals surface area contributed by atoms with Gasteiger partial charge in [-0.2, -0.15) is 5.10 Å². The molecule has 0 aliphatic carbocycles. The number of aromatic amines is 1. The number of carbonyl (C=O) groups is 1. The number of nitrogen functional groups attached to an aromatic ring is 1. The van der Waals surface area contributed by atoms with E-state index in [0.29, 0.717) is 24.5 Å². The van der Waals surface area contributed by atoms with E-state index >= 15 is 0 Å². The van der Waals surface area contributed by atoms with E-state index in [1.807, 2.05) is 20.8 Å². The standard InChI is InChI=1S/C12H22N4O2/c1-5-9-10(13)11(15-14-9)12(17)16(8(2)3)6-7-18-4/h8H,5-7,13H2,1-4H3,(H,14,15). The molecule has 1 amide bonds. The molecule has 102 valence electrons. The van der Waals surface area contributed by atoms with Crippen LogP contribution in [0.3, 0.4) is 0 Å². The molecule has 0 aliphatic heterocycles. The quantitative estimate of drug-likeness (QED) is 0.794. The van der Waals surface area contributed by atoms with E-state index in [9.17, 15) is 4.79 Å². The molecule has 0 bridgehead atoms. The number of rotatable bonds is 6. The number of nitrogens with one attached hydrogen (secondary N) is 1. The molecule has 0 saturated heterocycles. The zero-order valence-electron chi connectivity index (χ0n) is 11.5. The Labute approximate surface area is 107 Å². The minimum absolute atomic E-state index is 0.0776. The molecule has 0 saturated carbocycles. The molecular weight excluding hydrogens is 232 g/mol. The lowest BCUT2D eigenvalue weighted by Gasteiger charge is -2.25. The van der Waals surface area contributed by atoms with Crippen LogP contribution in [0.25, 0.3) is 0 Å². The number of carbonyl (C=O) groups excluding carboxylic acids is 1. The van der Waals surface area contributed by atoms with Gasteiger partial charge in [-0.15, -0.1) is 0 Å². The average molecular weight is 254 g/mol. The van der Waals surface area contributed by atoms with Gasteiger partial charge in [0.05, 0.1) is 18.0 Å². The molecule has 1 heterocycles. The van der Waals surface area contributed by atoms with Crippen LogP contribution in [-0.2, 0) is 11.2 Å². The molecule has 0 fully saturated rings. The number of ether oxygens (including phenoxy) is 1. The third-order valence-corrected chi connectivity index (χ3v) is 2.86. The summed E-state index contributed by atoms with van der Waals surface area (Å²) in [6, 6.07) is 0.0776. The summed E-state index contributed by atoms with van der Waals surface area (Å²) in [5, 5.41) is 6.82. The van der Waals surface area contributed by atoms with Gasteiger partial charge >= 0.3 is 0 Å². The average Bonchev–Trinajstić information content (AvgIpc) is 2.70. The van der Waals surface area contributed by atoms with Crippen molar-refractivity contribution in [1.29, 1.82) is 0 Å². The van der Waals surface area contributed by atoms with E-state index < -0.39 is 0 Å². The highest BCUT2D eigenvalue weighted by molar-refractivity contribution is 5.97. The van der Waals surface area contributed by atoms with Gasteiger partial charge in [0.25, 0.3) is 5.91 Å². The maximum Gasteiger partial charge on any atom is 0.276 e. The summed E-state index contributed by atoms with van der Waals surface area (Å²) < 4.78 is 5.01. The summed E-state index contributed by atoms with van der Waals surface area (Å²) in [7, 11) is 1.61. The highest BCUT2D eigenvalue weighted by Crippen LogP contribution is 2.17. The van der Waals surface area contributed by atoms with Crippen molar-refractivity contribution < 1.29 is 9.53 Å². The summed E-state index contributed by atoms with van der Waals surface area (Å²) in [6.45, 7) is 6.90. The van der Waals surface area contributed by atoms with E-state index in [2.05, 4.69) is 10.2 Å². The summed E-state index contributed by atoms with van der Waals surface area (Å²) in [6.07, 6.45) is 0.728. The fourth-order valence-corrected chi connectivity index (χ4v) is 1.74. The molecule has 0 spiro atoms. The molecular formula is C12H22N4O2. The first kappa shape index (κ1) is 14.5. The molecule has 0 aromatic carbocycles. The molecule has 1 rings (SSSR count). The summed E-state index contributed by atoms with van der Waals surface area (Å²) in [4.78, 5) is 14.1. The number of anilines is 1. The highest BCUT2D eigenvalue weighted by atomic mass is 16.5. The highest BCUT2D eigenvalue weighted by Gasteiger charge is 2.24. The molecule has 18 heavy (non-hydrogen) atoms. The Bertz CT molecular complexity index is 401. The topological polar surface area (TPSA) is 84.2 Å². The van der Waals surface area contributed by atoms with Gasteiger partial charge in [-0.1, -0.05) is 6.92 Å². The molecule has 0 radical (unpaired) electrons. The smallest absolute Gasteiger partial charge is 0.276 e. The summed E-state index contributed by atoms with van der Waals surface area (Å²) >= 11 is 0. The Morgan fingerprint density at radius 1 is 1.56 bits per heavy atom. The van der Waals surface area contributed by atoms with Gasteiger partial charge < -0.3 is 15.4 Å². The normalized spacial score (nSPS) is 10.9. The van der Waals surface area contributed by atoms with Crippen molar-refractivity contribution in [3.63, 3.8) is 0 Å². The van der Waals surface area contributed by atoms with Crippen molar-refractivity contribution in [3.8, 4) is 0 Å². The van der Waals surface area contributed by atoms with Crippen LogP contribution in [0.5, 0.6) is 0 Å². The lowest BCUT2D eigenvalue weighted by atomic mass is 10.2. The predicted octanol–water partition coefficient (Wildman–Crippen LogP) is 1.05. The molecule has 3 N–H and O–H groups in total. The SMILES string of the molecule is CCc1[nH]nc(C(=O)N(CCOC)C(C)C)c1N. The maximum atomic E-state index is 12.4. The van der Waals surface area contributed by atoms with Gasteiger partial charge in [0.1, 0.15) is 0 Å². The first-order chi connectivity index (χ1) is 8.52. The fourth-order valence-electron chi connectivity index (χ4n) is 1.74. The van der Waals surface area contributed by atoms with Crippen LogP contribution in [-0.4, -0.2) is 47.3 Å². The van der Waals surface area contributed by atoms with E-state index in [1.54, 1.807) is 12.0 Å². The number of nitrogens with two attached hydrogens (primary N) is 1. The second-order valence-corrected chi connectivity index (χ2v) is 4.40. The van der Waals surface area contributed by atoms with E-state index in [4.69, 9.17) is 10.5 Å². The van der Waals surface area contributed by atoms with Crippen molar-refractivity contribution in [2.24, 2.45) is 0 Å². The minimum atomic E-state index is -0.157. The first-order valence-electron chi connectivity index (χ1n) is 6.15. The van der Waals surface area contributed by atoms with E-state index in [0.717, 1.165) is 12.1 Å².